The molecule has 1 aromatic rings. The summed E-state index contributed by atoms with van der Waals surface area (Å²) >= 11 is 0. The second kappa shape index (κ2) is 7.32. The van der Waals surface area contributed by atoms with Crippen LogP contribution >= 0.6 is 0 Å². The molecule has 1 aromatic carbocycles. The third kappa shape index (κ3) is 5.78. The number of halogens is 3. The zero-order valence-electron chi connectivity index (χ0n) is 12.3. The van der Waals surface area contributed by atoms with Crippen LogP contribution in [0.5, 0.6) is 5.75 Å². The topological polar surface area (TPSA) is 93.0 Å². The number of ether oxygens (including phenoxy) is 1. The molecule has 6 nitrogen and oxygen atoms in total. The maximum atomic E-state index is 12.1. The summed E-state index contributed by atoms with van der Waals surface area (Å²) in [5, 5.41) is 24.2. The predicted molar refractivity (Wildman–Crippen MR) is 81.0 cm³/mol. The van der Waals surface area contributed by atoms with Gasteiger partial charge in [0.05, 0.1) is 6.04 Å². The summed E-state index contributed by atoms with van der Waals surface area (Å²) in [6.07, 6.45) is -1.79. The molecule has 5 N–H and O–H groups in total. The smallest absolute Gasteiger partial charge is 0.406 e. The van der Waals surface area contributed by atoms with Crippen LogP contribution in [-0.4, -0.2) is 30.7 Å². The van der Waals surface area contributed by atoms with Gasteiger partial charge in [-0.1, -0.05) is 6.42 Å². The maximum absolute atomic E-state index is 12.1. The number of piperidine rings is 1. The number of benzene rings is 1. The van der Waals surface area contributed by atoms with Crippen LogP contribution < -0.4 is 20.7 Å². The van der Waals surface area contributed by atoms with Gasteiger partial charge in [0.2, 0.25) is 0 Å². The molecule has 0 aliphatic carbocycles. The Balaban J connectivity index is 1.83. The molecule has 0 radical (unpaired) electrons. The summed E-state index contributed by atoms with van der Waals surface area (Å²) in [5.41, 5.74) is 0.418. The van der Waals surface area contributed by atoms with Gasteiger partial charge in [0, 0.05) is 5.69 Å². The Bertz CT molecular complexity index is 553. The SMILES string of the molecule is N=C(NC(=N)C1CCCCN1)Nc1ccc(OC(F)(F)F)cc1. The fourth-order valence-electron chi connectivity index (χ4n) is 2.24. The quantitative estimate of drug-likeness (QED) is 0.435. The standard InChI is InChI=1S/C14H18F3N5O/c15-14(16,17)23-10-6-4-9(5-7-10)21-13(19)22-12(18)11-3-1-2-8-20-11/h4-7,11,20H,1-3,8H2,(H4,18,19,21,22). The molecule has 2 rings (SSSR count). The van der Waals surface area contributed by atoms with Gasteiger partial charge in [-0.15, -0.1) is 13.2 Å². The fraction of sp³-hybridized carbons (Fsp3) is 0.429. The Labute approximate surface area is 131 Å². The molecule has 1 unspecified atom stereocenters. The van der Waals surface area contributed by atoms with Crippen LogP contribution in [0.1, 0.15) is 19.3 Å². The van der Waals surface area contributed by atoms with Crippen LogP contribution in [0, 0.1) is 10.8 Å². The maximum Gasteiger partial charge on any atom is 0.573 e. The Morgan fingerprint density at radius 2 is 1.87 bits per heavy atom. The molecule has 1 saturated heterocycles. The summed E-state index contributed by atoms with van der Waals surface area (Å²) in [7, 11) is 0. The number of nitrogens with one attached hydrogen (secondary N) is 5. The van der Waals surface area contributed by atoms with Gasteiger partial charge >= 0.3 is 6.36 Å². The molecule has 1 aliphatic heterocycles. The molecule has 1 heterocycles. The molecular formula is C14H18F3N5O. The minimum atomic E-state index is -4.73. The van der Waals surface area contributed by atoms with Crippen molar-refractivity contribution in [3.63, 3.8) is 0 Å². The van der Waals surface area contributed by atoms with Crippen molar-refractivity contribution in [2.75, 3.05) is 11.9 Å². The highest BCUT2D eigenvalue weighted by Crippen LogP contribution is 2.23. The summed E-state index contributed by atoms with van der Waals surface area (Å²) in [6, 6.07) is 4.92. The van der Waals surface area contributed by atoms with Gasteiger partial charge in [-0.25, -0.2) is 0 Å². The Kier molecular flexibility index (Phi) is 5.43. The molecule has 0 amide bonds. The monoisotopic (exact) mass is 329 g/mol. The molecule has 9 heteroatoms. The average Bonchev–Trinajstić information content (AvgIpc) is 2.48. The van der Waals surface area contributed by atoms with Gasteiger partial charge in [0.15, 0.2) is 5.96 Å². The van der Waals surface area contributed by atoms with E-state index in [0.29, 0.717) is 5.69 Å². The zero-order chi connectivity index (χ0) is 16.9. The van der Waals surface area contributed by atoms with E-state index < -0.39 is 6.36 Å². The first kappa shape index (κ1) is 17.1. The van der Waals surface area contributed by atoms with Gasteiger partial charge in [-0.05, 0) is 43.7 Å². The molecule has 23 heavy (non-hydrogen) atoms. The molecule has 126 valence electrons. The van der Waals surface area contributed by atoms with Crippen molar-refractivity contribution in [3.8, 4) is 5.75 Å². The number of anilines is 1. The number of hydrogen-bond donors (Lipinski definition) is 5. The molecule has 1 fully saturated rings. The molecule has 1 aliphatic rings. The lowest BCUT2D eigenvalue weighted by molar-refractivity contribution is -0.274. The zero-order valence-corrected chi connectivity index (χ0v) is 12.3. The van der Waals surface area contributed by atoms with Crippen molar-refractivity contribution in [3.05, 3.63) is 24.3 Å². The van der Waals surface area contributed by atoms with E-state index in [-0.39, 0.29) is 23.6 Å². The van der Waals surface area contributed by atoms with Crippen LogP contribution in [0.25, 0.3) is 0 Å². The number of alkyl halides is 3. The molecule has 0 bridgehead atoms. The Morgan fingerprint density at radius 1 is 1.17 bits per heavy atom. The predicted octanol–water partition coefficient (Wildman–Crippen LogP) is 2.64. The van der Waals surface area contributed by atoms with Crippen molar-refractivity contribution in [2.45, 2.75) is 31.7 Å². The van der Waals surface area contributed by atoms with Gasteiger partial charge < -0.3 is 20.7 Å². The van der Waals surface area contributed by atoms with Crippen LogP contribution in [0.4, 0.5) is 18.9 Å². The lowest BCUT2D eigenvalue weighted by Crippen LogP contribution is -2.49. The van der Waals surface area contributed by atoms with Gasteiger partial charge in [-0.2, -0.15) is 0 Å². The summed E-state index contributed by atoms with van der Waals surface area (Å²) in [4.78, 5) is 0. The second-order valence-corrected chi connectivity index (χ2v) is 5.11. The fourth-order valence-corrected chi connectivity index (χ4v) is 2.24. The minimum absolute atomic E-state index is 0.103. The lowest BCUT2D eigenvalue weighted by Gasteiger charge is -2.24. The average molecular weight is 329 g/mol. The molecule has 0 aromatic heterocycles. The van der Waals surface area contributed by atoms with Gasteiger partial charge in [0.25, 0.3) is 0 Å². The van der Waals surface area contributed by atoms with E-state index in [1.807, 2.05) is 0 Å². The highest BCUT2D eigenvalue weighted by atomic mass is 19.4. The van der Waals surface area contributed by atoms with Crippen molar-refractivity contribution in [2.24, 2.45) is 0 Å². The molecule has 1 atom stereocenters. The minimum Gasteiger partial charge on any atom is -0.406 e. The van der Waals surface area contributed by atoms with Gasteiger partial charge in [-0.3, -0.25) is 10.8 Å². The van der Waals surface area contributed by atoms with E-state index in [9.17, 15) is 13.2 Å². The number of guanidine groups is 1. The van der Waals surface area contributed by atoms with Crippen LogP contribution in [0.3, 0.4) is 0 Å². The normalized spacial score (nSPS) is 18.1. The Morgan fingerprint density at radius 3 is 2.43 bits per heavy atom. The highest BCUT2D eigenvalue weighted by Gasteiger charge is 2.30. The number of amidine groups is 1. The van der Waals surface area contributed by atoms with Crippen molar-refractivity contribution in [1.82, 2.24) is 10.6 Å². The first-order valence-electron chi connectivity index (χ1n) is 7.14. The number of hydrogen-bond acceptors (Lipinski definition) is 4. The highest BCUT2D eigenvalue weighted by molar-refractivity contribution is 6.05. The van der Waals surface area contributed by atoms with E-state index >= 15 is 0 Å². The third-order valence-electron chi connectivity index (χ3n) is 3.28. The van der Waals surface area contributed by atoms with E-state index in [1.54, 1.807) is 0 Å². The van der Waals surface area contributed by atoms with E-state index in [1.165, 1.54) is 12.1 Å². The van der Waals surface area contributed by atoms with Crippen molar-refractivity contribution in [1.29, 1.82) is 10.8 Å². The van der Waals surface area contributed by atoms with Crippen molar-refractivity contribution >= 4 is 17.5 Å². The van der Waals surface area contributed by atoms with Crippen LogP contribution in [-0.2, 0) is 0 Å². The van der Waals surface area contributed by atoms with E-state index in [2.05, 4.69) is 20.7 Å². The van der Waals surface area contributed by atoms with E-state index in [0.717, 1.165) is 37.9 Å². The summed E-state index contributed by atoms with van der Waals surface area (Å²) in [5.74, 6) is -0.257. The molecular weight excluding hydrogens is 311 g/mol. The largest absolute Gasteiger partial charge is 0.573 e. The third-order valence-corrected chi connectivity index (χ3v) is 3.28. The Hall–Kier alpha value is -2.29. The second-order valence-electron chi connectivity index (χ2n) is 5.11. The number of rotatable bonds is 3. The molecule has 0 spiro atoms. The molecule has 0 saturated carbocycles. The van der Waals surface area contributed by atoms with Gasteiger partial charge in [0.1, 0.15) is 11.6 Å². The van der Waals surface area contributed by atoms with Crippen LogP contribution in [0.15, 0.2) is 24.3 Å². The first-order chi connectivity index (χ1) is 10.8. The first-order valence-corrected chi connectivity index (χ1v) is 7.14. The van der Waals surface area contributed by atoms with Crippen LogP contribution in [0.2, 0.25) is 0 Å². The van der Waals surface area contributed by atoms with E-state index in [4.69, 9.17) is 10.8 Å². The summed E-state index contributed by atoms with van der Waals surface area (Å²) < 4.78 is 39.9. The lowest BCUT2D eigenvalue weighted by atomic mass is 10.0. The summed E-state index contributed by atoms with van der Waals surface area (Å²) in [6.45, 7) is 0.843. The van der Waals surface area contributed by atoms with Crippen molar-refractivity contribution < 1.29 is 17.9 Å².